The molecule has 20 heavy (non-hydrogen) atoms. The molecule has 1 aliphatic heterocycles. The number of hydrogen-bond donors (Lipinski definition) is 1. The smallest absolute Gasteiger partial charge is 0.0438 e. The van der Waals surface area contributed by atoms with Crippen LogP contribution in [0.1, 0.15) is 30.4 Å². The third-order valence-corrected chi connectivity index (χ3v) is 5.28. The number of likely N-dealkylation sites (tertiary alicyclic amines) is 1. The van der Waals surface area contributed by atoms with Crippen LogP contribution >= 0.6 is 24.0 Å². The number of benzene rings is 1. The Morgan fingerprint density at radius 3 is 2.80 bits per heavy atom. The second-order valence-corrected chi connectivity index (χ2v) is 6.70. The van der Waals surface area contributed by atoms with Crippen molar-refractivity contribution in [3.63, 3.8) is 0 Å². The van der Waals surface area contributed by atoms with E-state index in [0.717, 1.165) is 35.5 Å². The van der Waals surface area contributed by atoms with E-state index in [0.29, 0.717) is 6.04 Å². The Hall–Kier alpha value is -0.280. The van der Waals surface area contributed by atoms with Gasteiger partial charge >= 0.3 is 0 Å². The summed E-state index contributed by atoms with van der Waals surface area (Å²) in [6, 6.07) is 6.85. The third kappa shape index (κ3) is 3.30. The highest BCUT2D eigenvalue weighted by molar-refractivity contribution is 6.31. The van der Waals surface area contributed by atoms with Crippen LogP contribution in [0.3, 0.4) is 0 Å². The molecule has 0 bridgehead atoms. The Labute approximate surface area is 133 Å². The number of rotatable bonds is 2. The van der Waals surface area contributed by atoms with Gasteiger partial charge in [-0.25, -0.2) is 0 Å². The number of aryl methyl sites for hydroxylation is 1. The highest BCUT2D eigenvalue weighted by Gasteiger charge is 2.38. The molecule has 3 unspecified atom stereocenters. The summed E-state index contributed by atoms with van der Waals surface area (Å²) in [6.45, 7) is 5.44. The fourth-order valence-electron chi connectivity index (χ4n) is 3.73. The highest BCUT2D eigenvalue weighted by Crippen LogP contribution is 2.36. The van der Waals surface area contributed by atoms with E-state index >= 15 is 0 Å². The molecule has 1 saturated carbocycles. The van der Waals surface area contributed by atoms with E-state index in [1.165, 1.54) is 31.4 Å². The van der Waals surface area contributed by atoms with Crippen LogP contribution in [0.25, 0.3) is 0 Å². The average molecular weight is 315 g/mol. The molecule has 0 aromatic heterocycles. The van der Waals surface area contributed by atoms with Crippen molar-refractivity contribution >= 4 is 24.0 Å². The van der Waals surface area contributed by atoms with Gasteiger partial charge in [-0.2, -0.15) is 0 Å². The number of nitrogens with two attached hydrogens (primary N) is 1. The molecule has 4 heteroatoms. The summed E-state index contributed by atoms with van der Waals surface area (Å²) >= 11 is 6.21. The van der Waals surface area contributed by atoms with E-state index < -0.39 is 0 Å². The van der Waals surface area contributed by atoms with Crippen LogP contribution < -0.4 is 5.73 Å². The second kappa shape index (κ2) is 6.65. The summed E-state index contributed by atoms with van der Waals surface area (Å²) < 4.78 is 0. The predicted octanol–water partition coefficient (Wildman–Crippen LogP) is 3.63. The maximum absolute atomic E-state index is 6.27. The van der Waals surface area contributed by atoms with Crippen molar-refractivity contribution in [1.82, 2.24) is 4.90 Å². The van der Waals surface area contributed by atoms with Gasteiger partial charge in [-0.05, 0) is 48.8 Å². The van der Waals surface area contributed by atoms with E-state index in [9.17, 15) is 0 Å². The molecule has 1 aromatic rings. The molecular formula is C16H24Cl2N2. The van der Waals surface area contributed by atoms with E-state index in [4.69, 9.17) is 17.3 Å². The topological polar surface area (TPSA) is 29.3 Å². The van der Waals surface area contributed by atoms with Gasteiger partial charge in [0.1, 0.15) is 0 Å². The van der Waals surface area contributed by atoms with Gasteiger partial charge in [-0.15, -0.1) is 12.4 Å². The maximum atomic E-state index is 6.27. The Morgan fingerprint density at radius 1 is 1.30 bits per heavy atom. The number of nitrogens with zero attached hydrogens (tertiary/aromatic N) is 1. The largest absolute Gasteiger partial charge is 0.327 e. The van der Waals surface area contributed by atoms with Crippen LogP contribution in [-0.4, -0.2) is 24.0 Å². The quantitative estimate of drug-likeness (QED) is 0.903. The fraction of sp³-hybridized carbons (Fsp3) is 0.625. The van der Waals surface area contributed by atoms with Crippen molar-refractivity contribution in [2.45, 2.75) is 38.8 Å². The van der Waals surface area contributed by atoms with Gasteiger partial charge in [-0.3, -0.25) is 4.90 Å². The molecule has 0 spiro atoms. The predicted molar refractivity (Wildman–Crippen MR) is 87.5 cm³/mol. The Kier molecular flexibility index (Phi) is 5.36. The molecular weight excluding hydrogens is 291 g/mol. The standard InChI is InChI=1S/C16H23ClN2.ClH/c1-11-5-6-12(7-15(11)17)8-19-9-13-3-2-4-16(18)14(13)10-19;/h5-7,13-14,16H,2-4,8-10,18H2,1H3;1H. The summed E-state index contributed by atoms with van der Waals surface area (Å²) in [5.74, 6) is 1.54. The summed E-state index contributed by atoms with van der Waals surface area (Å²) in [5.41, 5.74) is 8.75. The molecule has 2 nitrogen and oxygen atoms in total. The van der Waals surface area contributed by atoms with Crippen LogP contribution in [-0.2, 0) is 6.54 Å². The minimum Gasteiger partial charge on any atom is -0.327 e. The van der Waals surface area contributed by atoms with Crippen molar-refractivity contribution in [1.29, 1.82) is 0 Å². The minimum atomic E-state index is 0. The van der Waals surface area contributed by atoms with Crippen LogP contribution in [0.15, 0.2) is 18.2 Å². The molecule has 1 aliphatic carbocycles. The molecule has 2 fully saturated rings. The average Bonchev–Trinajstić information content (AvgIpc) is 2.78. The van der Waals surface area contributed by atoms with E-state index in [-0.39, 0.29) is 12.4 Å². The zero-order chi connectivity index (χ0) is 13.4. The first-order valence-corrected chi connectivity index (χ1v) is 7.74. The van der Waals surface area contributed by atoms with E-state index in [2.05, 4.69) is 30.0 Å². The molecule has 112 valence electrons. The van der Waals surface area contributed by atoms with Crippen LogP contribution in [0.5, 0.6) is 0 Å². The lowest BCUT2D eigenvalue weighted by Gasteiger charge is -2.29. The first kappa shape index (κ1) is 16.1. The summed E-state index contributed by atoms with van der Waals surface area (Å²) in [6.07, 6.45) is 3.89. The van der Waals surface area contributed by atoms with Gasteiger partial charge in [0, 0.05) is 30.7 Å². The number of fused-ring (bicyclic) bond motifs is 1. The molecule has 1 heterocycles. The Bertz CT molecular complexity index is 464. The molecule has 3 atom stereocenters. The minimum absolute atomic E-state index is 0. The maximum Gasteiger partial charge on any atom is 0.0438 e. The molecule has 3 rings (SSSR count). The van der Waals surface area contributed by atoms with Crippen molar-refractivity contribution < 1.29 is 0 Å². The molecule has 0 radical (unpaired) electrons. The van der Waals surface area contributed by atoms with Crippen molar-refractivity contribution in [2.75, 3.05) is 13.1 Å². The van der Waals surface area contributed by atoms with E-state index in [1.54, 1.807) is 0 Å². The lowest BCUT2D eigenvalue weighted by atomic mass is 9.78. The van der Waals surface area contributed by atoms with Crippen LogP contribution in [0, 0.1) is 18.8 Å². The van der Waals surface area contributed by atoms with Gasteiger partial charge in [0.2, 0.25) is 0 Å². The summed E-state index contributed by atoms with van der Waals surface area (Å²) in [4.78, 5) is 2.56. The molecule has 0 amide bonds. The van der Waals surface area contributed by atoms with Gasteiger partial charge in [0.25, 0.3) is 0 Å². The molecule has 1 aromatic carbocycles. The van der Waals surface area contributed by atoms with E-state index in [1.807, 2.05) is 0 Å². The zero-order valence-corrected chi connectivity index (χ0v) is 13.6. The molecule has 2 aliphatic rings. The number of hydrogen-bond acceptors (Lipinski definition) is 2. The zero-order valence-electron chi connectivity index (χ0n) is 12.0. The van der Waals surface area contributed by atoms with Gasteiger partial charge in [-0.1, -0.05) is 30.2 Å². The SMILES string of the molecule is Cc1ccc(CN2CC3CCCC(N)C3C2)cc1Cl.Cl. The van der Waals surface area contributed by atoms with Crippen LogP contribution in [0.2, 0.25) is 5.02 Å². The monoisotopic (exact) mass is 314 g/mol. The van der Waals surface area contributed by atoms with Crippen molar-refractivity contribution in [3.05, 3.63) is 34.3 Å². The third-order valence-electron chi connectivity index (χ3n) is 4.87. The van der Waals surface area contributed by atoms with Gasteiger partial charge in [0.15, 0.2) is 0 Å². The van der Waals surface area contributed by atoms with Gasteiger partial charge in [0.05, 0.1) is 0 Å². The molecule has 1 saturated heterocycles. The summed E-state index contributed by atoms with van der Waals surface area (Å²) in [7, 11) is 0. The first-order valence-electron chi connectivity index (χ1n) is 7.36. The van der Waals surface area contributed by atoms with Crippen molar-refractivity contribution in [2.24, 2.45) is 17.6 Å². The second-order valence-electron chi connectivity index (χ2n) is 6.30. The normalized spacial score (nSPS) is 29.9. The first-order chi connectivity index (χ1) is 9.13. The lowest BCUT2D eigenvalue weighted by Crippen LogP contribution is -2.38. The highest BCUT2D eigenvalue weighted by atomic mass is 35.5. The van der Waals surface area contributed by atoms with Crippen molar-refractivity contribution in [3.8, 4) is 0 Å². The molecule has 2 N–H and O–H groups in total. The Balaban J connectivity index is 0.00000147. The Morgan fingerprint density at radius 2 is 2.10 bits per heavy atom. The lowest BCUT2D eigenvalue weighted by molar-refractivity contribution is 0.259. The van der Waals surface area contributed by atoms with Crippen LogP contribution in [0.4, 0.5) is 0 Å². The van der Waals surface area contributed by atoms with Gasteiger partial charge < -0.3 is 5.73 Å². The number of halogens is 2. The summed E-state index contributed by atoms with van der Waals surface area (Å²) in [5, 5.41) is 0.880. The fourth-order valence-corrected chi connectivity index (χ4v) is 3.93.